The summed E-state index contributed by atoms with van der Waals surface area (Å²) in [5.41, 5.74) is -0.746. The number of carbonyl (C=O) groups is 1. The second-order valence-electron chi connectivity index (χ2n) is 6.51. The van der Waals surface area contributed by atoms with Crippen molar-refractivity contribution in [2.75, 3.05) is 12.3 Å². The standard InChI is InChI=1S/C17H20ClF3N4OS/c1-2-24(12-6-4-3-5-7-12)14(26)10-27-16-23-22-15-13(18)8-11(9-25(15)16)17(19,20)21/h8-9,12H,2-7,10H2,1H3. The van der Waals surface area contributed by atoms with Crippen LogP contribution in [0.4, 0.5) is 13.2 Å². The Morgan fingerprint density at radius 1 is 1.33 bits per heavy atom. The molecular weight excluding hydrogens is 401 g/mol. The van der Waals surface area contributed by atoms with Crippen LogP contribution < -0.4 is 0 Å². The summed E-state index contributed by atoms with van der Waals surface area (Å²) in [5.74, 6) is 0.0585. The van der Waals surface area contributed by atoms with Gasteiger partial charge in [-0.3, -0.25) is 9.20 Å². The van der Waals surface area contributed by atoms with Gasteiger partial charge in [0.1, 0.15) is 0 Å². The van der Waals surface area contributed by atoms with Gasteiger partial charge in [0.2, 0.25) is 5.91 Å². The molecule has 1 saturated carbocycles. The van der Waals surface area contributed by atoms with Crippen molar-refractivity contribution in [2.45, 2.75) is 56.4 Å². The summed E-state index contributed by atoms with van der Waals surface area (Å²) in [6, 6.07) is 1.07. The molecule has 0 saturated heterocycles. The molecule has 0 aromatic carbocycles. The molecule has 2 aromatic heterocycles. The molecule has 148 valence electrons. The van der Waals surface area contributed by atoms with E-state index in [9.17, 15) is 18.0 Å². The van der Waals surface area contributed by atoms with Crippen molar-refractivity contribution in [3.63, 3.8) is 0 Å². The Balaban J connectivity index is 1.76. The lowest BCUT2D eigenvalue weighted by Crippen LogP contribution is -2.42. The van der Waals surface area contributed by atoms with Crippen LogP contribution in [0, 0.1) is 0 Å². The van der Waals surface area contributed by atoms with E-state index >= 15 is 0 Å². The van der Waals surface area contributed by atoms with Gasteiger partial charge in [-0.2, -0.15) is 13.2 Å². The number of hydrogen-bond acceptors (Lipinski definition) is 4. The fourth-order valence-electron chi connectivity index (χ4n) is 3.43. The Morgan fingerprint density at radius 2 is 2.04 bits per heavy atom. The Morgan fingerprint density at radius 3 is 2.67 bits per heavy atom. The highest BCUT2D eigenvalue weighted by molar-refractivity contribution is 7.99. The monoisotopic (exact) mass is 420 g/mol. The van der Waals surface area contributed by atoms with E-state index in [2.05, 4.69) is 10.2 Å². The van der Waals surface area contributed by atoms with Crippen LogP contribution >= 0.6 is 23.4 Å². The number of rotatable bonds is 5. The summed E-state index contributed by atoms with van der Waals surface area (Å²) in [4.78, 5) is 14.5. The molecule has 5 nitrogen and oxygen atoms in total. The van der Waals surface area contributed by atoms with Gasteiger partial charge >= 0.3 is 6.18 Å². The molecule has 3 rings (SSSR count). The van der Waals surface area contributed by atoms with Crippen molar-refractivity contribution < 1.29 is 18.0 Å². The van der Waals surface area contributed by atoms with Gasteiger partial charge in [-0.25, -0.2) is 0 Å². The van der Waals surface area contributed by atoms with E-state index in [1.165, 1.54) is 10.8 Å². The lowest BCUT2D eigenvalue weighted by atomic mass is 9.94. The van der Waals surface area contributed by atoms with Crippen LogP contribution in [0.1, 0.15) is 44.6 Å². The van der Waals surface area contributed by atoms with Crippen LogP contribution in [0.15, 0.2) is 17.4 Å². The minimum Gasteiger partial charge on any atom is -0.339 e. The number of amides is 1. The molecule has 0 bridgehead atoms. The molecule has 27 heavy (non-hydrogen) atoms. The first-order valence-electron chi connectivity index (χ1n) is 8.85. The lowest BCUT2D eigenvalue weighted by Gasteiger charge is -2.33. The smallest absolute Gasteiger partial charge is 0.339 e. The number of halogens is 4. The third-order valence-electron chi connectivity index (χ3n) is 4.76. The van der Waals surface area contributed by atoms with Crippen molar-refractivity contribution in [1.82, 2.24) is 19.5 Å². The zero-order chi connectivity index (χ0) is 19.6. The first-order valence-corrected chi connectivity index (χ1v) is 10.2. The number of hydrogen-bond donors (Lipinski definition) is 0. The number of alkyl halides is 3. The number of aromatic nitrogens is 3. The normalized spacial score (nSPS) is 16.0. The number of pyridine rings is 1. The highest BCUT2D eigenvalue weighted by Gasteiger charge is 2.32. The molecule has 1 amide bonds. The van der Waals surface area contributed by atoms with Crippen molar-refractivity contribution in [2.24, 2.45) is 0 Å². The molecule has 1 aliphatic carbocycles. The highest BCUT2D eigenvalue weighted by Crippen LogP contribution is 2.33. The third kappa shape index (κ3) is 4.51. The van der Waals surface area contributed by atoms with Crippen molar-refractivity contribution in [3.8, 4) is 0 Å². The number of fused-ring (bicyclic) bond motifs is 1. The average molecular weight is 421 g/mol. The molecule has 0 N–H and O–H groups in total. The zero-order valence-corrected chi connectivity index (χ0v) is 16.4. The maximum absolute atomic E-state index is 13.0. The van der Waals surface area contributed by atoms with Gasteiger partial charge in [-0.15, -0.1) is 10.2 Å². The number of thioether (sulfide) groups is 1. The van der Waals surface area contributed by atoms with Crippen molar-refractivity contribution in [1.29, 1.82) is 0 Å². The van der Waals surface area contributed by atoms with Gasteiger partial charge in [0.15, 0.2) is 10.8 Å². The van der Waals surface area contributed by atoms with Crippen LogP contribution in [-0.4, -0.2) is 43.7 Å². The van der Waals surface area contributed by atoms with Crippen molar-refractivity contribution >= 4 is 34.9 Å². The molecule has 2 heterocycles. The lowest BCUT2D eigenvalue weighted by molar-refractivity contribution is -0.138. The van der Waals surface area contributed by atoms with E-state index in [0.29, 0.717) is 6.54 Å². The van der Waals surface area contributed by atoms with Crippen molar-refractivity contribution in [3.05, 3.63) is 22.8 Å². The second kappa shape index (κ2) is 8.26. The van der Waals surface area contributed by atoms with Gasteiger partial charge in [0.05, 0.1) is 16.3 Å². The Kier molecular flexibility index (Phi) is 6.20. The van der Waals surface area contributed by atoms with Gasteiger partial charge in [-0.1, -0.05) is 42.6 Å². The molecule has 0 atom stereocenters. The van der Waals surface area contributed by atoms with Crippen LogP contribution in [0.2, 0.25) is 5.02 Å². The van der Waals surface area contributed by atoms with E-state index in [1.54, 1.807) is 0 Å². The maximum Gasteiger partial charge on any atom is 0.417 e. The summed E-state index contributed by atoms with van der Waals surface area (Å²) in [6.45, 7) is 2.56. The summed E-state index contributed by atoms with van der Waals surface area (Å²) in [6.07, 6.45) is 1.83. The molecule has 1 fully saturated rings. The summed E-state index contributed by atoms with van der Waals surface area (Å²) in [7, 11) is 0. The molecule has 0 aliphatic heterocycles. The Hall–Kier alpha value is -1.48. The van der Waals surface area contributed by atoms with Crippen LogP contribution in [0.3, 0.4) is 0 Å². The van der Waals surface area contributed by atoms with Gasteiger partial charge in [-0.05, 0) is 25.8 Å². The first kappa shape index (κ1) is 20.3. The third-order valence-corrected chi connectivity index (χ3v) is 5.96. The quantitative estimate of drug-likeness (QED) is 0.659. The molecule has 0 unspecified atom stereocenters. The van der Waals surface area contributed by atoms with E-state index in [0.717, 1.165) is 49.7 Å². The van der Waals surface area contributed by atoms with Crippen LogP contribution in [-0.2, 0) is 11.0 Å². The van der Waals surface area contributed by atoms with E-state index in [1.807, 2.05) is 11.8 Å². The minimum absolute atomic E-state index is 0.0378. The second-order valence-corrected chi connectivity index (χ2v) is 7.86. The Bertz CT molecular complexity index is 820. The molecule has 2 aromatic rings. The number of nitrogens with zero attached hydrogens (tertiary/aromatic N) is 4. The largest absolute Gasteiger partial charge is 0.417 e. The maximum atomic E-state index is 13.0. The average Bonchev–Trinajstić information content (AvgIpc) is 3.04. The molecular formula is C17H20ClF3N4OS. The minimum atomic E-state index is -4.53. The predicted molar refractivity (Wildman–Crippen MR) is 98.0 cm³/mol. The van der Waals surface area contributed by atoms with Gasteiger partial charge in [0.25, 0.3) is 0 Å². The molecule has 10 heteroatoms. The van der Waals surface area contributed by atoms with E-state index < -0.39 is 11.7 Å². The van der Waals surface area contributed by atoms with E-state index in [-0.39, 0.29) is 33.5 Å². The fraction of sp³-hybridized carbons (Fsp3) is 0.588. The van der Waals surface area contributed by atoms with Gasteiger partial charge < -0.3 is 4.90 Å². The topological polar surface area (TPSA) is 50.5 Å². The van der Waals surface area contributed by atoms with Crippen LogP contribution in [0.25, 0.3) is 5.65 Å². The molecule has 1 aliphatic rings. The number of carbonyl (C=O) groups excluding carboxylic acids is 1. The highest BCUT2D eigenvalue weighted by atomic mass is 35.5. The van der Waals surface area contributed by atoms with Gasteiger partial charge in [0, 0.05) is 18.8 Å². The van der Waals surface area contributed by atoms with E-state index in [4.69, 9.17) is 11.6 Å². The Labute approximate surface area is 164 Å². The fourth-order valence-corrected chi connectivity index (χ4v) is 4.47. The SMILES string of the molecule is CCN(C(=O)CSc1nnc2c(Cl)cc(C(F)(F)F)cn12)C1CCCCC1. The molecule has 0 radical (unpaired) electrons. The van der Waals surface area contributed by atoms with Crippen LogP contribution in [0.5, 0.6) is 0 Å². The summed E-state index contributed by atoms with van der Waals surface area (Å²) >= 11 is 6.98. The molecule has 0 spiro atoms. The predicted octanol–water partition coefficient (Wildman–Crippen LogP) is 4.67. The first-order chi connectivity index (χ1) is 12.8. The summed E-state index contributed by atoms with van der Waals surface area (Å²) < 4.78 is 40.3. The summed E-state index contributed by atoms with van der Waals surface area (Å²) in [5, 5.41) is 7.83. The zero-order valence-electron chi connectivity index (χ0n) is 14.8.